The fourth-order valence-electron chi connectivity index (χ4n) is 1.76. The van der Waals surface area contributed by atoms with Gasteiger partial charge in [-0.05, 0) is 25.2 Å². The van der Waals surface area contributed by atoms with Crippen LogP contribution in [0.25, 0.3) is 11.3 Å². The summed E-state index contributed by atoms with van der Waals surface area (Å²) in [5.41, 5.74) is 1.10. The van der Waals surface area contributed by atoms with Crippen LogP contribution in [0, 0.1) is 0 Å². The van der Waals surface area contributed by atoms with Crippen molar-refractivity contribution in [3.8, 4) is 17.0 Å². The summed E-state index contributed by atoms with van der Waals surface area (Å²) < 4.78 is 24.6. The van der Waals surface area contributed by atoms with E-state index in [1.165, 1.54) is 19.2 Å². The van der Waals surface area contributed by atoms with Crippen molar-refractivity contribution < 1.29 is 18.3 Å². The van der Waals surface area contributed by atoms with E-state index in [9.17, 15) is 18.3 Å². The normalized spacial score (nSPS) is 11.3. The number of phenolic OH excluding ortho intramolecular Hbond substituents is 1. The Balaban J connectivity index is 2.03. The molecule has 118 valence electrons. The van der Waals surface area contributed by atoms with Gasteiger partial charge in [0.2, 0.25) is 10.0 Å². The van der Waals surface area contributed by atoms with Gasteiger partial charge in [-0.3, -0.25) is 9.89 Å². The summed E-state index contributed by atoms with van der Waals surface area (Å²) in [6.45, 7) is -0.0209. The van der Waals surface area contributed by atoms with Gasteiger partial charge in [0, 0.05) is 12.1 Å². The third kappa shape index (κ3) is 3.83. The molecule has 0 aliphatic rings. The van der Waals surface area contributed by atoms with E-state index in [-0.39, 0.29) is 23.7 Å². The average Bonchev–Trinajstić information content (AvgIpc) is 2.97. The summed E-state index contributed by atoms with van der Waals surface area (Å²) in [7, 11) is -2.05. The van der Waals surface area contributed by atoms with Gasteiger partial charge < -0.3 is 10.4 Å². The molecule has 0 aliphatic carbocycles. The molecule has 0 saturated heterocycles. The molecule has 0 unspecified atom stereocenters. The minimum atomic E-state index is -3.36. The van der Waals surface area contributed by atoms with Crippen molar-refractivity contribution in [3.05, 3.63) is 36.0 Å². The molecule has 4 N–H and O–H groups in total. The Bertz CT molecular complexity index is 770. The lowest BCUT2D eigenvalue weighted by atomic mass is 10.1. The smallest absolute Gasteiger partial charge is 0.269 e. The first-order chi connectivity index (χ1) is 10.4. The Labute approximate surface area is 127 Å². The van der Waals surface area contributed by atoms with Crippen LogP contribution < -0.4 is 10.0 Å². The number of H-pyrrole nitrogens is 1. The van der Waals surface area contributed by atoms with Crippen LogP contribution in [0.4, 0.5) is 0 Å². The van der Waals surface area contributed by atoms with Gasteiger partial charge in [-0.2, -0.15) is 5.10 Å². The molecule has 2 aromatic rings. The lowest BCUT2D eigenvalue weighted by molar-refractivity contribution is 0.0951. The number of sulfonamides is 1. The number of benzene rings is 1. The predicted octanol–water partition coefficient (Wildman–Crippen LogP) is 0.0613. The van der Waals surface area contributed by atoms with E-state index in [1.807, 2.05) is 0 Å². The van der Waals surface area contributed by atoms with Gasteiger partial charge in [-0.1, -0.05) is 12.1 Å². The number of rotatable bonds is 6. The van der Waals surface area contributed by atoms with E-state index in [0.717, 1.165) is 0 Å². The monoisotopic (exact) mass is 324 g/mol. The van der Waals surface area contributed by atoms with Crippen molar-refractivity contribution in [2.75, 3.05) is 19.3 Å². The SMILES string of the molecule is CNS(=O)(=O)CCNC(=O)c1cc(-c2ccccc2O)n[nH]1. The van der Waals surface area contributed by atoms with Crippen LogP contribution in [-0.2, 0) is 10.0 Å². The van der Waals surface area contributed by atoms with Crippen molar-refractivity contribution >= 4 is 15.9 Å². The summed E-state index contributed by atoms with van der Waals surface area (Å²) in [5.74, 6) is -0.628. The van der Waals surface area contributed by atoms with Gasteiger partial charge in [-0.25, -0.2) is 13.1 Å². The number of hydrogen-bond acceptors (Lipinski definition) is 5. The molecule has 9 heteroatoms. The maximum Gasteiger partial charge on any atom is 0.269 e. The molecule has 0 spiro atoms. The number of nitrogens with one attached hydrogen (secondary N) is 3. The van der Waals surface area contributed by atoms with E-state index in [4.69, 9.17) is 0 Å². The van der Waals surface area contributed by atoms with Crippen molar-refractivity contribution in [3.63, 3.8) is 0 Å². The summed E-state index contributed by atoms with van der Waals surface area (Å²) in [4.78, 5) is 11.9. The van der Waals surface area contributed by atoms with Crippen LogP contribution in [0.2, 0.25) is 0 Å². The van der Waals surface area contributed by atoms with Gasteiger partial charge in [0.05, 0.1) is 11.4 Å². The number of phenols is 1. The quantitative estimate of drug-likeness (QED) is 0.598. The maximum atomic E-state index is 11.9. The molecule has 0 bridgehead atoms. The first-order valence-electron chi connectivity index (χ1n) is 6.46. The number of hydrogen-bond donors (Lipinski definition) is 4. The number of carbonyl (C=O) groups is 1. The second kappa shape index (κ2) is 6.58. The van der Waals surface area contributed by atoms with E-state index < -0.39 is 15.9 Å². The molecular formula is C13H16N4O4S. The second-order valence-corrected chi connectivity index (χ2v) is 6.51. The lowest BCUT2D eigenvalue weighted by Gasteiger charge is -2.03. The van der Waals surface area contributed by atoms with Gasteiger partial charge in [-0.15, -0.1) is 0 Å². The Kier molecular flexibility index (Phi) is 4.78. The zero-order valence-corrected chi connectivity index (χ0v) is 12.6. The summed E-state index contributed by atoms with van der Waals surface area (Å²) in [5, 5.41) is 18.7. The molecular weight excluding hydrogens is 308 g/mol. The molecule has 1 heterocycles. The minimum absolute atomic E-state index is 0.0209. The highest BCUT2D eigenvalue weighted by molar-refractivity contribution is 7.89. The summed E-state index contributed by atoms with van der Waals surface area (Å²) in [6, 6.07) is 8.10. The highest BCUT2D eigenvalue weighted by atomic mass is 32.2. The Hall–Kier alpha value is -2.39. The summed E-state index contributed by atoms with van der Waals surface area (Å²) in [6.07, 6.45) is 0. The van der Waals surface area contributed by atoms with E-state index >= 15 is 0 Å². The van der Waals surface area contributed by atoms with Crippen molar-refractivity contribution in [2.45, 2.75) is 0 Å². The third-order valence-corrected chi connectivity index (χ3v) is 4.33. The third-order valence-electron chi connectivity index (χ3n) is 2.97. The van der Waals surface area contributed by atoms with E-state index in [2.05, 4.69) is 20.2 Å². The highest BCUT2D eigenvalue weighted by Gasteiger charge is 2.14. The van der Waals surface area contributed by atoms with Gasteiger partial charge in [0.15, 0.2) is 0 Å². The Morgan fingerprint density at radius 2 is 2.09 bits per heavy atom. The van der Waals surface area contributed by atoms with Gasteiger partial charge in [0.25, 0.3) is 5.91 Å². The molecule has 0 fully saturated rings. The van der Waals surface area contributed by atoms with Crippen molar-refractivity contribution in [1.82, 2.24) is 20.2 Å². The number of aromatic hydroxyl groups is 1. The standard InChI is InChI=1S/C13H16N4O4S/c1-14-22(20,21)7-6-15-13(19)11-8-10(16-17-11)9-4-2-3-5-12(9)18/h2-5,8,14,18H,6-7H2,1H3,(H,15,19)(H,16,17). The molecule has 0 radical (unpaired) electrons. The molecule has 0 aliphatic heterocycles. The first kappa shape index (κ1) is 16.0. The zero-order valence-electron chi connectivity index (χ0n) is 11.8. The minimum Gasteiger partial charge on any atom is -0.507 e. The lowest BCUT2D eigenvalue weighted by Crippen LogP contribution is -2.33. The summed E-state index contributed by atoms with van der Waals surface area (Å²) >= 11 is 0. The van der Waals surface area contributed by atoms with Crippen molar-refractivity contribution in [2.24, 2.45) is 0 Å². The fraction of sp³-hybridized carbons (Fsp3) is 0.231. The molecule has 1 aromatic carbocycles. The number of amides is 1. The molecule has 0 atom stereocenters. The number of carbonyl (C=O) groups excluding carboxylic acids is 1. The molecule has 1 amide bonds. The topological polar surface area (TPSA) is 124 Å². The number of para-hydroxylation sites is 1. The molecule has 8 nitrogen and oxygen atoms in total. The number of nitrogens with zero attached hydrogens (tertiary/aromatic N) is 1. The molecule has 2 rings (SSSR count). The largest absolute Gasteiger partial charge is 0.507 e. The van der Waals surface area contributed by atoms with E-state index in [0.29, 0.717) is 11.3 Å². The predicted molar refractivity (Wildman–Crippen MR) is 80.9 cm³/mol. The van der Waals surface area contributed by atoms with Gasteiger partial charge >= 0.3 is 0 Å². The highest BCUT2D eigenvalue weighted by Crippen LogP contribution is 2.27. The fourth-order valence-corrected chi connectivity index (χ4v) is 2.34. The van der Waals surface area contributed by atoms with Crippen LogP contribution in [0.5, 0.6) is 5.75 Å². The van der Waals surface area contributed by atoms with Crippen LogP contribution in [-0.4, -0.2) is 49.0 Å². The van der Waals surface area contributed by atoms with Crippen LogP contribution in [0.1, 0.15) is 10.5 Å². The molecule has 0 saturated carbocycles. The second-order valence-electron chi connectivity index (χ2n) is 4.46. The number of aromatic amines is 1. The average molecular weight is 324 g/mol. The molecule has 1 aromatic heterocycles. The maximum absolute atomic E-state index is 11.9. The first-order valence-corrected chi connectivity index (χ1v) is 8.11. The van der Waals surface area contributed by atoms with E-state index in [1.54, 1.807) is 18.2 Å². The molecule has 22 heavy (non-hydrogen) atoms. The van der Waals surface area contributed by atoms with Crippen LogP contribution in [0.3, 0.4) is 0 Å². The van der Waals surface area contributed by atoms with Crippen LogP contribution in [0.15, 0.2) is 30.3 Å². The Morgan fingerprint density at radius 3 is 2.77 bits per heavy atom. The van der Waals surface area contributed by atoms with Crippen LogP contribution >= 0.6 is 0 Å². The number of aromatic nitrogens is 2. The van der Waals surface area contributed by atoms with Crippen molar-refractivity contribution in [1.29, 1.82) is 0 Å². The Morgan fingerprint density at radius 1 is 1.36 bits per heavy atom. The zero-order chi connectivity index (χ0) is 16.2. The van der Waals surface area contributed by atoms with Gasteiger partial charge in [0.1, 0.15) is 11.4 Å².